The van der Waals surface area contributed by atoms with Crippen LogP contribution in [0.5, 0.6) is 0 Å². The van der Waals surface area contributed by atoms with Crippen LogP contribution in [0, 0.1) is 0 Å². The average molecular weight is 259 g/mol. The van der Waals surface area contributed by atoms with Gasteiger partial charge >= 0.3 is 7.12 Å². The van der Waals surface area contributed by atoms with E-state index in [2.05, 4.69) is 45.7 Å². The molecule has 1 fully saturated rings. The largest absolute Gasteiger partial charge is 0.487 e. The molecule has 0 aromatic carbocycles. The van der Waals surface area contributed by atoms with Crippen LogP contribution >= 0.6 is 0 Å². The Morgan fingerprint density at radius 2 is 1.84 bits per heavy atom. The third-order valence-electron chi connectivity index (χ3n) is 3.96. The monoisotopic (exact) mass is 259 g/mol. The lowest BCUT2D eigenvalue weighted by molar-refractivity contribution is 0.00578. The van der Waals surface area contributed by atoms with Crippen LogP contribution in [0.25, 0.3) is 6.08 Å². The van der Waals surface area contributed by atoms with Crippen molar-refractivity contribution in [2.24, 2.45) is 0 Å². The molecule has 3 nitrogen and oxygen atoms in total. The zero-order valence-electron chi connectivity index (χ0n) is 12.4. The summed E-state index contributed by atoms with van der Waals surface area (Å²) < 4.78 is 11.9. The molecule has 0 radical (unpaired) electrons. The van der Waals surface area contributed by atoms with Crippen molar-refractivity contribution in [1.29, 1.82) is 0 Å². The van der Waals surface area contributed by atoms with Crippen LogP contribution < -0.4 is 0 Å². The summed E-state index contributed by atoms with van der Waals surface area (Å²) in [6, 6.07) is 4.01. The van der Waals surface area contributed by atoms with Crippen molar-refractivity contribution in [3.05, 3.63) is 35.6 Å². The molecule has 0 unspecified atom stereocenters. The molecule has 0 spiro atoms. The molecule has 19 heavy (non-hydrogen) atoms. The van der Waals surface area contributed by atoms with E-state index in [4.69, 9.17) is 9.31 Å². The van der Waals surface area contributed by atoms with Crippen molar-refractivity contribution in [1.82, 2.24) is 4.98 Å². The second kappa shape index (κ2) is 5.10. The number of nitrogens with zero attached hydrogens (tertiary/aromatic N) is 1. The summed E-state index contributed by atoms with van der Waals surface area (Å²) in [5.74, 6) is 1.96. The predicted molar refractivity (Wildman–Crippen MR) is 78.7 cm³/mol. The van der Waals surface area contributed by atoms with Crippen molar-refractivity contribution in [2.75, 3.05) is 0 Å². The van der Waals surface area contributed by atoms with E-state index < -0.39 is 0 Å². The minimum atomic E-state index is -0.296. The van der Waals surface area contributed by atoms with E-state index in [1.165, 1.54) is 0 Å². The topological polar surface area (TPSA) is 31.4 Å². The SMILES string of the molecule is CCc1ncccc1/C=C/B1OC(C)(C)C(C)(C)O1. The fourth-order valence-corrected chi connectivity index (χ4v) is 2.05. The summed E-state index contributed by atoms with van der Waals surface area (Å²) in [6.07, 6.45) is 4.78. The molecule has 1 aromatic rings. The van der Waals surface area contributed by atoms with Gasteiger partial charge in [-0.3, -0.25) is 4.98 Å². The van der Waals surface area contributed by atoms with Gasteiger partial charge < -0.3 is 9.31 Å². The number of pyridine rings is 1. The highest BCUT2D eigenvalue weighted by Crippen LogP contribution is 2.37. The zero-order valence-corrected chi connectivity index (χ0v) is 12.4. The Morgan fingerprint density at radius 3 is 2.42 bits per heavy atom. The first-order valence-corrected chi connectivity index (χ1v) is 6.83. The molecule has 0 N–H and O–H groups in total. The first kappa shape index (κ1) is 14.3. The molecule has 0 amide bonds. The molecule has 0 aliphatic carbocycles. The second-order valence-electron chi connectivity index (χ2n) is 5.88. The minimum Gasteiger partial charge on any atom is -0.400 e. The van der Waals surface area contributed by atoms with Gasteiger partial charge in [0.2, 0.25) is 0 Å². The normalized spacial score (nSPS) is 21.2. The zero-order chi connectivity index (χ0) is 14.1. The van der Waals surface area contributed by atoms with Crippen LogP contribution in [0.2, 0.25) is 0 Å². The molecule has 1 aliphatic rings. The molecule has 0 saturated carbocycles. The van der Waals surface area contributed by atoms with Crippen LogP contribution in [0.15, 0.2) is 24.3 Å². The maximum absolute atomic E-state index is 5.93. The number of aromatic nitrogens is 1. The third-order valence-corrected chi connectivity index (χ3v) is 3.96. The lowest BCUT2D eigenvalue weighted by Crippen LogP contribution is -2.41. The first-order chi connectivity index (χ1) is 8.86. The van der Waals surface area contributed by atoms with Gasteiger partial charge in [-0.15, -0.1) is 0 Å². The standard InChI is InChI=1S/C15H22BNO2/c1-6-13-12(8-7-11-17-13)9-10-16-18-14(2,3)15(4,5)19-16/h7-11H,6H2,1-5H3/b10-9+. The van der Waals surface area contributed by atoms with E-state index >= 15 is 0 Å². The maximum atomic E-state index is 5.93. The highest BCUT2D eigenvalue weighted by molar-refractivity contribution is 6.52. The molecule has 2 heterocycles. The molecule has 0 bridgehead atoms. The summed E-state index contributed by atoms with van der Waals surface area (Å²) in [4.78, 5) is 4.37. The Kier molecular flexibility index (Phi) is 3.84. The van der Waals surface area contributed by atoms with Crippen molar-refractivity contribution in [2.45, 2.75) is 52.2 Å². The Hall–Kier alpha value is -1.13. The molecular weight excluding hydrogens is 237 g/mol. The molecule has 4 heteroatoms. The van der Waals surface area contributed by atoms with Gasteiger partial charge in [0.05, 0.1) is 11.2 Å². The van der Waals surface area contributed by atoms with Gasteiger partial charge in [0.1, 0.15) is 0 Å². The van der Waals surface area contributed by atoms with Crippen molar-refractivity contribution in [3.8, 4) is 0 Å². The minimum absolute atomic E-state index is 0.287. The fraction of sp³-hybridized carbons (Fsp3) is 0.533. The van der Waals surface area contributed by atoms with E-state index in [1.807, 2.05) is 24.3 Å². The smallest absolute Gasteiger partial charge is 0.400 e. The number of hydrogen-bond donors (Lipinski definition) is 0. The fourth-order valence-electron chi connectivity index (χ4n) is 2.05. The van der Waals surface area contributed by atoms with E-state index in [1.54, 1.807) is 0 Å². The average Bonchev–Trinajstić information content (AvgIpc) is 2.55. The van der Waals surface area contributed by atoms with Gasteiger partial charge in [0.15, 0.2) is 0 Å². The lowest BCUT2D eigenvalue weighted by Gasteiger charge is -2.32. The van der Waals surface area contributed by atoms with Crippen LogP contribution in [0.4, 0.5) is 0 Å². The van der Waals surface area contributed by atoms with Crippen molar-refractivity contribution in [3.63, 3.8) is 0 Å². The molecule has 1 aliphatic heterocycles. The Labute approximate surface area is 116 Å². The van der Waals surface area contributed by atoms with E-state index in [0.717, 1.165) is 17.7 Å². The lowest BCUT2D eigenvalue weighted by atomic mass is 9.89. The van der Waals surface area contributed by atoms with E-state index in [9.17, 15) is 0 Å². The molecule has 0 atom stereocenters. The number of aryl methyl sites for hydroxylation is 1. The quantitative estimate of drug-likeness (QED) is 0.780. The molecule has 1 aromatic heterocycles. The van der Waals surface area contributed by atoms with Gasteiger partial charge in [-0.05, 0) is 45.7 Å². The Morgan fingerprint density at radius 1 is 1.21 bits per heavy atom. The molecule has 1 saturated heterocycles. The molecule has 102 valence electrons. The van der Waals surface area contributed by atoms with Crippen molar-refractivity contribution >= 4 is 13.2 Å². The molecular formula is C15H22BNO2. The van der Waals surface area contributed by atoms with Crippen molar-refractivity contribution < 1.29 is 9.31 Å². The van der Waals surface area contributed by atoms with Gasteiger partial charge in [-0.1, -0.05) is 25.0 Å². The van der Waals surface area contributed by atoms with Crippen LogP contribution in [0.1, 0.15) is 45.9 Å². The summed E-state index contributed by atoms with van der Waals surface area (Å²) in [5.41, 5.74) is 1.64. The maximum Gasteiger partial charge on any atom is 0.487 e. The Bertz CT molecular complexity index is 467. The summed E-state index contributed by atoms with van der Waals surface area (Å²) in [7, 11) is -0.296. The van der Waals surface area contributed by atoms with Crippen LogP contribution in [-0.4, -0.2) is 23.3 Å². The predicted octanol–water partition coefficient (Wildman–Crippen LogP) is 3.29. The third kappa shape index (κ3) is 2.90. The second-order valence-corrected chi connectivity index (χ2v) is 5.88. The van der Waals surface area contributed by atoms with Gasteiger partial charge in [0, 0.05) is 11.9 Å². The highest BCUT2D eigenvalue weighted by atomic mass is 16.7. The summed E-state index contributed by atoms with van der Waals surface area (Å²) >= 11 is 0. The van der Waals surface area contributed by atoms with E-state index in [0.29, 0.717) is 0 Å². The summed E-state index contributed by atoms with van der Waals surface area (Å²) in [5, 5.41) is 0. The van der Waals surface area contributed by atoms with E-state index in [-0.39, 0.29) is 18.3 Å². The first-order valence-electron chi connectivity index (χ1n) is 6.83. The number of hydrogen-bond acceptors (Lipinski definition) is 3. The van der Waals surface area contributed by atoms with Gasteiger partial charge in [0.25, 0.3) is 0 Å². The van der Waals surface area contributed by atoms with Gasteiger partial charge in [-0.25, -0.2) is 0 Å². The van der Waals surface area contributed by atoms with Crippen LogP contribution in [0.3, 0.4) is 0 Å². The molecule has 2 rings (SSSR count). The Balaban J connectivity index is 2.13. The van der Waals surface area contributed by atoms with Gasteiger partial charge in [-0.2, -0.15) is 0 Å². The van der Waals surface area contributed by atoms with Crippen LogP contribution in [-0.2, 0) is 15.7 Å². The highest BCUT2D eigenvalue weighted by Gasteiger charge is 2.49. The number of rotatable bonds is 3. The summed E-state index contributed by atoms with van der Waals surface area (Å²) in [6.45, 7) is 10.3.